The molecule has 0 spiro atoms. The van der Waals surface area contributed by atoms with E-state index in [-0.39, 0.29) is 10.8 Å². The van der Waals surface area contributed by atoms with Crippen LogP contribution in [0.25, 0.3) is 0 Å². The fourth-order valence-corrected chi connectivity index (χ4v) is 2.58. The van der Waals surface area contributed by atoms with Crippen LogP contribution in [0.4, 0.5) is 0 Å². The summed E-state index contributed by atoms with van der Waals surface area (Å²) in [7, 11) is 0. The summed E-state index contributed by atoms with van der Waals surface area (Å²) < 4.78 is 15.5. The van der Waals surface area contributed by atoms with Gasteiger partial charge >= 0.3 is 0 Å². The van der Waals surface area contributed by atoms with Gasteiger partial charge in [0, 0.05) is 2.74 Å². The molecule has 0 aliphatic heterocycles. The first-order valence-corrected chi connectivity index (χ1v) is 5.16. The molecule has 0 aromatic rings. The van der Waals surface area contributed by atoms with E-state index >= 15 is 0 Å². The van der Waals surface area contributed by atoms with Crippen LogP contribution in [0.15, 0.2) is 0 Å². The fourth-order valence-electron chi connectivity index (χ4n) is 2.58. The minimum Gasteiger partial charge on any atom is -0.0654 e. The summed E-state index contributed by atoms with van der Waals surface area (Å²) >= 11 is 0. The highest BCUT2D eigenvalue weighted by molar-refractivity contribution is 4.93. The Labute approximate surface area is 80.6 Å². The smallest absolute Gasteiger partial charge is 0.0264 e. The number of hydrogen-bond donors (Lipinski definition) is 0. The molecule has 0 saturated heterocycles. The zero-order valence-corrected chi connectivity index (χ0v) is 9.04. The second kappa shape index (κ2) is 3.40. The molecule has 12 heavy (non-hydrogen) atoms. The van der Waals surface area contributed by atoms with Gasteiger partial charge in [0.15, 0.2) is 0 Å². The summed E-state index contributed by atoms with van der Waals surface area (Å²) in [6.07, 6.45) is 4.70. The van der Waals surface area contributed by atoms with Crippen molar-refractivity contribution in [2.75, 3.05) is 0 Å². The van der Waals surface area contributed by atoms with Crippen molar-refractivity contribution >= 4 is 0 Å². The largest absolute Gasteiger partial charge is 0.0654 e. The predicted molar refractivity (Wildman–Crippen MR) is 55.3 cm³/mol. The first-order valence-electron chi connectivity index (χ1n) is 6.16. The molecule has 72 valence electrons. The van der Waals surface area contributed by atoms with Crippen LogP contribution in [-0.2, 0) is 0 Å². The van der Waals surface area contributed by atoms with Gasteiger partial charge in [-0.15, -0.1) is 0 Å². The van der Waals surface area contributed by atoms with Gasteiger partial charge in [-0.3, -0.25) is 0 Å². The monoisotopic (exact) mass is 170 g/mol. The average molecular weight is 170 g/mol. The van der Waals surface area contributed by atoms with Gasteiger partial charge in [-0.05, 0) is 30.1 Å². The molecule has 0 heterocycles. The molecule has 0 amide bonds. The highest BCUT2D eigenvalue weighted by Crippen LogP contribution is 2.53. The molecule has 0 aromatic carbocycles. The third-order valence-electron chi connectivity index (χ3n) is 3.67. The second-order valence-corrected chi connectivity index (χ2v) is 5.27. The molecule has 0 radical (unpaired) electrons. The molecule has 0 atom stereocenters. The van der Waals surface area contributed by atoms with Crippen molar-refractivity contribution < 1.29 is 2.74 Å². The molecule has 0 nitrogen and oxygen atoms in total. The third-order valence-corrected chi connectivity index (χ3v) is 3.67. The van der Waals surface area contributed by atoms with E-state index in [4.69, 9.17) is 2.74 Å². The molecule has 0 bridgehead atoms. The summed E-state index contributed by atoms with van der Waals surface area (Å²) in [6.45, 7) is 8.52. The maximum Gasteiger partial charge on any atom is 0.0264 e. The molecule has 1 rings (SSSR count). The Morgan fingerprint density at radius 3 is 2.08 bits per heavy atom. The van der Waals surface area contributed by atoms with E-state index in [9.17, 15) is 0 Å². The normalized spacial score (nSPS) is 26.7. The summed E-state index contributed by atoms with van der Waals surface area (Å²) in [4.78, 5) is 0. The van der Waals surface area contributed by atoms with Crippen molar-refractivity contribution in [2.24, 2.45) is 10.8 Å². The Morgan fingerprint density at radius 1 is 1.25 bits per heavy atom. The van der Waals surface area contributed by atoms with Crippen molar-refractivity contribution in [3.8, 4) is 0 Å². The van der Waals surface area contributed by atoms with Crippen LogP contribution < -0.4 is 0 Å². The molecular formula is C12H24. The lowest BCUT2D eigenvalue weighted by atomic mass is 9.63. The Kier molecular flexibility index (Phi) is 2.10. The highest BCUT2D eigenvalue weighted by Gasteiger charge is 2.42. The van der Waals surface area contributed by atoms with Gasteiger partial charge in [-0.1, -0.05) is 46.9 Å². The van der Waals surface area contributed by atoms with Crippen LogP contribution in [0.3, 0.4) is 0 Å². The quantitative estimate of drug-likeness (QED) is 0.576. The van der Waals surface area contributed by atoms with Crippen molar-refractivity contribution in [3.63, 3.8) is 0 Å². The predicted octanol–water partition coefficient (Wildman–Crippen LogP) is 4.39. The summed E-state index contributed by atoms with van der Waals surface area (Å²) in [5.41, 5.74) is 0.484. The molecule has 0 N–H and O–H groups in total. The SMILES string of the molecule is [2H]C([2H])(C)CC1(C(C)(C)C)CCCC1. The topological polar surface area (TPSA) is 0 Å². The van der Waals surface area contributed by atoms with E-state index in [2.05, 4.69) is 20.8 Å². The molecular weight excluding hydrogens is 144 g/mol. The second-order valence-electron chi connectivity index (χ2n) is 5.27. The third kappa shape index (κ3) is 1.67. The van der Waals surface area contributed by atoms with Crippen LogP contribution >= 0.6 is 0 Å². The molecule has 0 heteroatoms. The van der Waals surface area contributed by atoms with Crippen molar-refractivity contribution in [1.82, 2.24) is 0 Å². The molecule has 0 unspecified atom stereocenters. The maximum absolute atomic E-state index is 7.77. The Balaban J connectivity index is 2.83. The standard InChI is InChI=1S/C12H24/c1-5-8-12(11(2,3)4)9-6-7-10-12/h5-10H2,1-4H3/i5D2. The van der Waals surface area contributed by atoms with Crippen molar-refractivity contribution in [2.45, 2.75) is 66.2 Å². The van der Waals surface area contributed by atoms with E-state index in [1.54, 1.807) is 6.92 Å². The lowest BCUT2D eigenvalue weighted by Gasteiger charge is -2.42. The maximum atomic E-state index is 7.77. The lowest BCUT2D eigenvalue weighted by molar-refractivity contribution is 0.0808. The van der Waals surface area contributed by atoms with Gasteiger partial charge in [0.05, 0.1) is 0 Å². The molecule has 0 aromatic heterocycles. The summed E-state index contributed by atoms with van der Waals surface area (Å²) in [5, 5.41) is 0. The fraction of sp³-hybridized carbons (Fsp3) is 1.00. The first-order chi connectivity index (χ1) is 6.16. The van der Waals surface area contributed by atoms with Gasteiger partial charge in [0.25, 0.3) is 0 Å². The molecule has 1 aliphatic carbocycles. The summed E-state index contributed by atoms with van der Waals surface area (Å²) in [5.74, 6) is 0. The highest BCUT2D eigenvalue weighted by atomic mass is 14.5. The van der Waals surface area contributed by atoms with E-state index in [1.165, 1.54) is 25.7 Å². The van der Waals surface area contributed by atoms with Gasteiger partial charge in [0.1, 0.15) is 0 Å². The Bertz CT molecular complexity index is 189. The number of hydrogen-bond acceptors (Lipinski definition) is 0. The molecule has 1 fully saturated rings. The average Bonchev–Trinajstić information content (AvgIpc) is 2.31. The van der Waals surface area contributed by atoms with Crippen LogP contribution in [0.2, 0.25) is 0 Å². The molecule has 1 aliphatic rings. The van der Waals surface area contributed by atoms with Crippen LogP contribution in [-0.4, -0.2) is 0 Å². The van der Waals surface area contributed by atoms with Gasteiger partial charge < -0.3 is 0 Å². The lowest BCUT2D eigenvalue weighted by Crippen LogP contribution is -2.32. The van der Waals surface area contributed by atoms with Gasteiger partial charge in [-0.25, -0.2) is 0 Å². The van der Waals surface area contributed by atoms with Crippen LogP contribution in [0, 0.1) is 10.8 Å². The zero-order valence-electron chi connectivity index (χ0n) is 11.0. The van der Waals surface area contributed by atoms with E-state index < -0.39 is 6.37 Å². The van der Waals surface area contributed by atoms with Crippen LogP contribution in [0.5, 0.6) is 0 Å². The van der Waals surface area contributed by atoms with Crippen molar-refractivity contribution in [3.05, 3.63) is 0 Å². The van der Waals surface area contributed by atoms with Crippen molar-refractivity contribution in [1.29, 1.82) is 0 Å². The Morgan fingerprint density at radius 2 is 1.75 bits per heavy atom. The van der Waals surface area contributed by atoms with E-state index in [1.807, 2.05) is 0 Å². The van der Waals surface area contributed by atoms with E-state index in [0.29, 0.717) is 0 Å². The van der Waals surface area contributed by atoms with Gasteiger partial charge in [0.2, 0.25) is 0 Å². The zero-order chi connectivity index (χ0) is 11.0. The van der Waals surface area contributed by atoms with Gasteiger partial charge in [-0.2, -0.15) is 0 Å². The minimum atomic E-state index is -1.02. The first kappa shape index (κ1) is 7.41. The minimum absolute atomic E-state index is 0.241. The summed E-state index contributed by atoms with van der Waals surface area (Å²) in [6, 6.07) is 0. The van der Waals surface area contributed by atoms with E-state index in [0.717, 1.165) is 6.42 Å². The van der Waals surface area contributed by atoms with Crippen LogP contribution in [0.1, 0.15) is 68.9 Å². The molecule has 1 saturated carbocycles. The number of rotatable bonds is 2. The Hall–Kier alpha value is 0.